The summed E-state index contributed by atoms with van der Waals surface area (Å²) >= 11 is 0. The summed E-state index contributed by atoms with van der Waals surface area (Å²) in [7, 11) is 0. The van der Waals surface area contributed by atoms with Gasteiger partial charge in [-0.25, -0.2) is 0 Å². The molecule has 0 saturated heterocycles. The quantitative estimate of drug-likeness (QED) is 0.143. The fraction of sp³-hybridized carbons (Fsp3) is 1.00. The Bertz CT molecular complexity index is 257. The van der Waals surface area contributed by atoms with Gasteiger partial charge < -0.3 is 0 Å². The lowest BCUT2D eigenvalue weighted by atomic mass is 9.92. The van der Waals surface area contributed by atoms with E-state index in [4.69, 9.17) is 0 Å². The van der Waals surface area contributed by atoms with Gasteiger partial charge in [0, 0.05) is 0 Å². The van der Waals surface area contributed by atoms with Crippen LogP contribution in [0.4, 0.5) is 0 Å². The van der Waals surface area contributed by atoms with Crippen LogP contribution in [-0.4, -0.2) is 0 Å². The highest BCUT2D eigenvalue weighted by Crippen LogP contribution is 2.22. The Balaban J connectivity index is 3.24. The molecular weight excluding hydrogens is 336 g/mol. The maximum Gasteiger partial charge on any atom is -0.0417 e. The van der Waals surface area contributed by atoms with Gasteiger partial charge in [0.05, 0.1) is 0 Å². The molecule has 0 bridgehead atoms. The molecule has 0 aliphatic heterocycles. The molecule has 0 rings (SSSR count). The lowest BCUT2D eigenvalue weighted by Gasteiger charge is -2.14. The van der Waals surface area contributed by atoms with Crippen LogP contribution in [-0.2, 0) is 0 Å². The van der Waals surface area contributed by atoms with E-state index in [-0.39, 0.29) is 0 Å². The summed E-state index contributed by atoms with van der Waals surface area (Å²) in [6.07, 6.45) is 35.3. The number of unbranched alkanes of at least 4 members (excludes halogenated alkanes) is 19. The lowest BCUT2D eigenvalue weighted by Crippen LogP contribution is -1.99. The SMILES string of the molecule is CCCCCCCCCCCCCCCCC(CC)CCCCCCCCC. The summed E-state index contributed by atoms with van der Waals surface area (Å²) in [5, 5.41) is 0. The third kappa shape index (κ3) is 22.3. The van der Waals surface area contributed by atoms with Crippen LogP contribution in [0.15, 0.2) is 0 Å². The van der Waals surface area contributed by atoms with E-state index in [1.54, 1.807) is 0 Å². The summed E-state index contributed by atoms with van der Waals surface area (Å²) in [6.45, 7) is 7.03. The van der Waals surface area contributed by atoms with Crippen LogP contribution in [0.25, 0.3) is 0 Å². The van der Waals surface area contributed by atoms with E-state index in [9.17, 15) is 0 Å². The first-order chi connectivity index (χ1) is 13.8. The van der Waals surface area contributed by atoms with E-state index in [0.717, 1.165) is 5.92 Å². The molecule has 0 aromatic carbocycles. The van der Waals surface area contributed by atoms with Crippen molar-refractivity contribution in [3.8, 4) is 0 Å². The molecular formula is C28H58. The van der Waals surface area contributed by atoms with Crippen LogP contribution in [0, 0.1) is 5.92 Å². The van der Waals surface area contributed by atoms with Crippen molar-refractivity contribution >= 4 is 0 Å². The molecule has 170 valence electrons. The summed E-state index contributed by atoms with van der Waals surface area (Å²) in [4.78, 5) is 0. The van der Waals surface area contributed by atoms with Crippen LogP contribution in [0.1, 0.15) is 175 Å². The normalized spacial score (nSPS) is 12.5. The maximum absolute atomic E-state index is 2.41. The van der Waals surface area contributed by atoms with Crippen molar-refractivity contribution < 1.29 is 0 Å². The highest BCUT2D eigenvalue weighted by atomic mass is 14.1. The molecule has 0 fully saturated rings. The smallest absolute Gasteiger partial charge is 0.0417 e. The van der Waals surface area contributed by atoms with Gasteiger partial charge in [-0.05, 0) is 5.92 Å². The number of hydrogen-bond acceptors (Lipinski definition) is 0. The second-order valence-corrected chi connectivity index (χ2v) is 9.57. The predicted molar refractivity (Wildman–Crippen MR) is 131 cm³/mol. The first-order valence-electron chi connectivity index (χ1n) is 13.8. The molecule has 28 heavy (non-hydrogen) atoms. The van der Waals surface area contributed by atoms with Gasteiger partial charge in [-0.1, -0.05) is 175 Å². The fourth-order valence-corrected chi connectivity index (χ4v) is 4.57. The molecule has 0 aliphatic rings. The molecule has 0 N–H and O–H groups in total. The van der Waals surface area contributed by atoms with Crippen molar-refractivity contribution in [3.63, 3.8) is 0 Å². The van der Waals surface area contributed by atoms with E-state index < -0.39 is 0 Å². The maximum atomic E-state index is 2.41. The third-order valence-corrected chi connectivity index (χ3v) is 6.76. The highest BCUT2D eigenvalue weighted by Gasteiger charge is 2.05. The Morgan fingerprint density at radius 2 is 0.571 bits per heavy atom. The average Bonchev–Trinajstić information content (AvgIpc) is 2.71. The van der Waals surface area contributed by atoms with Crippen molar-refractivity contribution in [2.75, 3.05) is 0 Å². The average molecular weight is 395 g/mol. The minimum Gasteiger partial charge on any atom is -0.0654 e. The third-order valence-electron chi connectivity index (χ3n) is 6.76. The Labute approximate surface area is 181 Å². The van der Waals surface area contributed by atoms with Crippen molar-refractivity contribution in [2.45, 2.75) is 175 Å². The van der Waals surface area contributed by atoms with E-state index in [0.29, 0.717) is 0 Å². The molecule has 0 saturated carbocycles. The summed E-state index contributed by atoms with van der Waals surface area (Å²) in [5.41, 5.74) is 0. The predicted octanol–water partition coefficient (Wildman–Crippen LogP) is 11.0. The highest BCUT2D eigenvalue weighted by molar-refractivity contribution is 4.59. The number of rotatable bonds is 24. The minimum atomic E-state index is 1.02. The van der Waals surface area contributed by atoms with Gasteiger partial charge in [0.1, 0.15) is 0 Å². The van der Waals surface area contributed by atoms with Crippen molar-refractivity contribution in [1.29, 1.82) is 0 Å². The minimum absolute atomic E-state index is 1.02. The Hall–Kier alpha value is 0. The Kier molecular flexibility index (Phi) is 25.0. The van der Waals surface area contributed by atoms with Gasteiger partial charge in [-0.15, -0.1) is 0 Å². The van der Waals surface area contributed by atoms with Crippen molar-refractivity contribution in [2.24, 2.45) is 5.92 Å². The van der Waals surface area contributed by atoms with Gasteiger partial charge in [0.25, 0.3) is 0 Å². The van der Waals surface area contributed by atoms with Crippen LogP contribution in [0.5, 0.6) is 0 Å². The first-order valence-corrected chi connectivity index (χ1v) is 13.8. The van der Waals surface area contributed by atoms with Crippen LogP contribution >= 0.6 is 0 Å². The van der Waals surface area contributed by atoms with E-state index in [1.807, 2.05) is 0 Å². The zero-order valence-electron chi connectivity index (χ0n) is 20.5. The summed E-state index contributed by atoms with van der Waals surface area (Å²) < 4.78 is 0. The van der Waals surface area contributed by atoms with Crippen LogP contribution in [0.2, 0.25) is 0 Å². The van der Waals surface area contributed by atoms with Crippen LogP contribution < -0.4 is 0 Å². The standard InChI is InChI=1S/C28H58/c1-4-7-9-11-13-14-15-16-17-18-19-21-23-25-27-28(6-3)26-24-22-20-12-10-8-5-2/h28H,4-27H2,1-3H3. The summed E-state index contributed by atoms with van der Waals surface area (Å²) in [5.74, 6) is 1.02. The van der Waals surface area contributed by atoms with E-state index in [1.165, 1.54) is 154 Å². The topological polar surface area (TPSA) is 0 Å². The van der Waals surface area contributed by atoms with Gasteiger partial charge >= 0.3 is 0 Å². The van der Waals surface area contributed by atoms with Gasteiger partial charge in [0.2, 0.25) is 0 Å². The van der Waals surface area contributed by atoms with E-state index >= 15 is 0 Å². The molecule has 0 nitrogen and oxygen atoms in total. The van der Waals surface area contributed by atoms with Gasteiger partial charge in [-0.2, -0.15) is 0 Å². The second-order valence-electron chi connectivity index (χ2n) is 9.57. The van der Waals surface area contributed by atoms with Crippen LogP contribution in [0.3, 0.4) is 0 Å². The monoisotopic (exact) mass is 394 g/mol. The molecule has 0 aromatic heterocycles. The van der Waals surface area contributed by atoms with Crippen molar-refractivity contribution in [3.05, 3.63) is 0 Å². The molecule has 0 spiro atoms. The molecule has 0 aromatic rings. The van der Waals surface area contributed by atoms with Gasteiger partial charge in [-0.3, -0.25) is 0 Å². The molecule has 0 radical (unpaired) electrons. The first kappa shape index (κ1) is 28.0. The van der Waals surface area contributed by atoms with E-state index in [2.05, 4.69) is 20.8 Å². The molecule has 0 heterocycles. The lowest BCUT2D eigenvalue weighted by molar-refractivity contribution is 0.392. The fourth-order valence-electron chi connectivity index (χ4n) is 4.57. The molecule has 0 aliphatic carbocycles. The van der Waals surface area contributed by atoms with Gasteiger partial charge in [0.15, 0.2) is 0 Å². The van der Waals surface area contributed by atoms with Crippen molar-refractivity contribution in [1.82, 2.24) is 0 Å². The molecule has 1 atom stereocenters. The Morgan fingerprint density at radius 1 is 0.321 bits per heavy atom. The number of hydrogen-bond donors (Lipinski definition) is 0. The molecule has 0 heteroatoms. The summed E-state index contributed by atoms with van der Waals surface area (Å²) in [6, 6.07) is 0. The molecule has 0 amide bonds. The molecule has 1 unspecified atom stereocenters. The largest absolute Gasteiger partial charge is 0.0654 e. The zero-order chi connectivity index (χ0) is 20.5. The zero-order valence-corrected chi connectivity index (χ0v) is 20.5. The Morgan fingerprint density at radius 3 is 0.821 bits per heavy atom. The second kappa shape index (κ2) is 25.0.